The Labute approximate surface area is 94.8 Å². The van der Waals surface area contributed by atoms with Crippen LogP contribution in [0.4, 0.5) is 13.2 Å². The number of rotatable bonds is 5. The summed E-state index contributed by atoms with van der Waals surface area (Å²) in [7, 11) is 0. The average Bonchev–Trinajstić information content (AvgIpc) is 2.19. The maximum absolute atomic E-state index is 11.9. The molecule has 0 amide bonds. The predicted molar refractivity (Wildman–Crippen MR) is 54.7 cm³/mol. The standard InChI is InChI=1S/C8H11F3N4S/c9-8(10,11)16-7-14-4-6(5-15-7)3-13-2-1-12/h4-5,13H,1-3,12H2. The van der Waals surface area contributed by atoms with Gasteiger partial charge in [0.1, 0.15) is 0 Å². The molecular formula is C8H11F3N4S. The van der Waals surface area contributed by atoms with E-state index in [1.807, 2.05) is 0 Å². The van der Waals surface area contributed by atoms with Crippen LogP contribution in [0.3, 0.4) is 0 Å². The number of nitrogens with one attached hydrogen (secondary N) is 1. The van der Waals surface area contributed by atoms with Gasteiger partial charge in [-0.25, -0.2) is 9.97 Å². The lowest BCUT2D eigenvalue weighted by atomic mass is 10.3. The summed E-state index contributed by atoms with van der Waals surface area (Å²) in [5.74, 6) is 0. The van der Waals surface area contributed by atoms with Crippen LogP contribution in [0.5, 0.6) is 0 Å². The zero-order valence-electron chi connectivity index (χ0n) is 8.29. The van der Waals surface area contributed by atoms with E-state index in [9.17, 15) is 13.2 Å². The molecule has 1 rings (SSSR count). The van der Waals surface area contributed by atoms with Crippen LogP contribution in [0.25, 0.3) is 0 Å². The third kappa shape index (κ3) is 5.29. The van der Waals surface area contributed by atoms with Crippen molar-refractivity contribution in [1.29, 1.82) is 0 Å². The Morgan fingerprint density at radius 2 is 1.94 bits per heavy atom. The molecule has 90 valence electrons. The average molecular weight is 252 g/mol. The number of nitrogens with zero attached hydrogens (tertiary/aromatic N) is 2. The van der Waals surface area contributed by atoms with Gasteiger partial charge in [-0.15, -0.1) is 0 Å². The number of halogens is 3. The summed E-state index contributed by atoms with van der Waals surface area (Å²) in [6, 6.07) is 0. The van der Waals surface area contributed by atoms with Crippen LogP contribution in [0.1, 0.15) is 5.56 Å². The molecular weight excluding hydrogens is 241 g/mol. The Balaban J connectivity index is 2.48. The van der Waals surface area contributed by atoms with Crippen LogP contribution in [-0.4, -0.2) is 28.6 Å². The van der Waals surface area contributed by atoms with E-state index in [2.05, 4.69) is 15.3 Å². The topological polar surface area (TPSA) is 63.8 Å². The largest absolute Gasteiger partial charge is 0.449 e. The molecule has 0 aliphatic rings. The molecule has 0 unspecified atom stereocenters. The second-order valence-corrected chi connectivity index (χ2v) is 3.92. The van der Waals surface area contributed by atoms with Gasteiger partial charge in [-0.1, -0.05) is 0 Å². The Morgan fingerprint density at radius 3 is 2.44 bits per heavy atom. The molecule has 0 aliphatic carbocycles. The maximum Gasteiger partial charge on any atom is 0.449 e. The van der Waals surface area contributed by atoms with Crippen LogP contribution in [0.15, 0.2) is 17.6 Å². The van der Waals surface area contributed by atoms with Crippen LogP contribution >= 0.6 is 11.8 Å². The van der Waals surface area contributed by atoms with E-state index in [-0.39, 0.29) is 16.9 Å². The monoisotopic (exact) mass is 252 g/mol. The highest BCUT2D eigenvalue weighted by Gasteiger charge is 2.30. The smallest absolute Gasteiger partial charge is 0.329 e. The first-order chi connectivity index (χ1) is 7.51. The van der Waals surface area contributed by atoms with Gasteiger partial charge in [0, 0.05) is 49.4 Å². The lowest BCUT2D eigenvalue weighted by molar-refractivity contribution is -0.0331. The SMILES string of the molecule is NCCNCc1cnc(SC(F)(F)F)nc1. The van der Waals surface area contributed by atoms with Gasteiger partial charge in [0.25, 0.3) is 0 Å². The Kier molecular flexibility index (Phi) is 4.97. The normalized spacial score (nSPS) is 11.8. The third-order valence-electron chi connectivity index (χ3n) is 1.54. The summed E-state index contributed by atoms with van der Waals surface area (Å²) in [5.41, 5.74) is 1.64. The molecule has 0 aromatic carbocycles. The molecule has 0 radical (unpaired) electrons. The van der Waals surface area contributed by atoms with Crippen molar-refractivity contribution in [3.63, 3.8) is 0 Å². The zero-order valence-corrected chi connectivity index (χ0v) is 9.11. The summed E-state index contributed by atoms with van der Waals surface area (Å²) in [6.45, 7) is 1.64. The summed E-state index contributed by atoms with van der Waals surface area (Å²) >= 11 is -0.325. The van der Waals surface area contributed by atoms with Gasteiger partial charge in [-0.05, 0) is 0 Å². The van der Waals surface area contributed by atoms with E-state index in [1.165, 1.54) is 12.4 Å². The van der Waals surface area contributed by atoms with E-state index >= 15 is 0 Å². The van der Waals surface area contributed by atoms with E-state index < -0.39 is 5.51 Å². The number of nitrogens with two attached hydrogens (primary N) is 1. The van der Waals surface area contributed by atoms with Crippen LogP contribution < -0.4 is 11.1 Å². The van der Waals surface area contributed by atoms with Crippen molar-refractivity contribution in [2.75, 3.05) is 13.1 Å². The molecule has 8 heteroatoms. The van der Waals surface area contributed by atoms with Crippen molar-refractivity contribution in [3.05, 3.63) is 18.0 Å². The Morgan fingerprint density at radius 1 is 1.31 bits per heavy atom. The molecule has 4 nitrogen and oxygen atoms in total. The quantitative estimate of drug-likeness (QED) is 0.467. The van der Waals surface area contributed by atoms with E-state index in [0.29, 0.717) is 19.6 Å². The molecule has 1 aromatic rings. The maximum atomic E-state index is 11.9. The highest BCUT2D eigenvalue weighted by Crippen LogP contribution is 2.34. The first-order valence-electron chi connectivity index (χ1n) is 4.49. The molecule has 0 atom stereocenters. The van der Waals surface area contributed by atoms with Crippen molar-refractivity contribution in [3.8, 4) is 0 Å². The molecule has 0 aliphatic heterocycles. The Hall–Kier alpha value is -0.860. The molecule has 1 aromatic heterocycles. The first-order valence-corrected chi connectivity index (χ1v) is 5.30. The van der Waals surface area contributed by atoms with Gasteiger partial charge in [-0.3, -0.25) is 0 Å². The molecule has 1 heterocycles. The van der Waals surface area contributed by atoms with Crippen LogP contribution in [0, 0.1) is 0 Å². The van der Waals surface area contributed by atoms with Gasteiger partial charge < -0.3 is 11.1 Å². The number of hydrogen-bond donors (Lipinski definition) is 2. The molecule has 16 heavy (non-hydrogen) atoms. The minimum Gasteiger partial charge on any atom is -0.329 e. The number of alkyl halides is 3. The predicted octanol–water partition coefficient (Wildman–Crippen LogP) is 1.14. The highest BCUT2D eigenvalue weighted by atomic mass is 32.2. The minimum atomic E-state index is -4.35. The number of hydrogen-bond acceptors (Lipinski definition) is 5. The second kappa shape index (κ2) is 6.02. The fourth-order valence-electron chi connectivity index (χ4n) is 0.925. The summed E-state index contributed by atoms with van der Waals surface area (Å²) in [5, 5.41) is 2.69. The molecule has 0 saturated carbocycles. The van der Waals surface area contributed by atoms with Gasteiger partial charge in [0.15, 0.2) is 5.16 Å². The third-order valence-corrected chi connectivity index (χ3v) is 2.16. The summed E-state index contributed by atoms with van der Waals surface area (Å²) < 4.78 is 35.8. The molecule has 0 spiro atoms. The highest BCUT2D eigenvalue weighted by molar-refractivity contribution is 8.00. The number of thioether (sulfide) groups is 1. The van der Waals surface area contributed by atoms with Crippen LogP contribution in [-0.2, 0) is 6.54 Å². The van der Waals surface area contributed by atoms with Crippen molar-refractivity contribution in [2.45, 2.75) is 17.2 Å². The van der Waals surface area contributed by atoms with Crippen molar-refractivity contribution in [1.82, 2.24) is 15.3 Å². The fraction of sp³-hybridized carbons (Fsp3) is 0.500. The number of aromatic nitrogens is 2. The van der Waals surface area contributed by atoms with Crippen LogP contribution in [0.2, 0.25) is 0 Å². The lowest BCUT2D eigenvalue weighted by Crippen LogP contribution is -2.22. The summed E-state index contributed by atoms with van der Waals surface area (Å²) in [4.78, 5) is 7.21. The Bertz CT molecular complexity index is 314. The van der Waals surface area contributed by atoms with Gasteiger partial charge in [0.2, 0.25) is 0 Å². The zero-order chi connectivity index (χ0) is 12.0. The fourth-order valence-corrected chi connectivity index (χ4v) is 1.34. The molecule has 0 saturated heterocycles. The molecule has 0 bridgehead atoms. The van der Waals surface area contributed by atoms with E-state index in [1.54, 1.807) is 0 Å². The lowest BCUT2D eigenvalue weighted by Gasteiger charge is -2.05. The molecule has 3 N–H and O–H groups in total. The molecule has 0 fully saturated rings. The van der Waals surface area contributed by atoms with E-state index in [4.69, 9.17) is 5.73 Å². The second-order valence-electron chi connectivity index (χ2n) is 2.89. The minimum absolute atomic E-state index is 0.296. The van der Waals surface area contributed by atoms with Crippen molar-refractivity contribution in [2.24, 2.45) is 5.73 Å². The first kappa shape index (κ1) is 13.2. The van der Waals surface area contributed by atoms with Crippen molar-refractivity contribution >= 4 is 11.8 Å². The van der Waals surface area contributed by atoms with Gasteiger partial charge >= 0.3 is 5.51 Å². The van der Waals surface area contributed by atoms with E-state index in [0.717, 1.165) is 5.56 Å². The van der Waals surface area contributed by atoms with Gasteiger partial charge in [-0.2, -0.15) is 13.2 Å². The van der Waals surface area contributed by atoms with Crippen molar-refractivity contribution < 1.29 is 13.2 Å². The summed E-state index contributed by atoms with van der Waals surface area (Å²) in [6.07, 6.45) is 2.73. The van der Waals surface area contributed by atoms with Gasteiger partial charge in [0.05, 0.1) is 0 Å².